The Labute approximate surface area is 219 Å². The van der Waals surface area contributed by atoms with E-state index in [0.717, 1.165) is 33.3 Å². The van der Waals surface area contributed by atoms with Gasteiger partial charge in [-0.05, 0) is 59.2 Å². The van der Waals surface area contributed by atoms with Crippen molar-refractivity contribution in [2.24, 2.45) is 4.99 Å². The molecule has 6 nitrogen and oxygen atoms in total. The van der Waals surface area contributed by atoms with Crippen LogP contribution in [0.15, 0.2) is 69.6 Å². The van der Waals surface area contributed by atoms with Gasteiger partial charge in [0.25, 0.3) is 5.56 Å². The molecule has 0 unspecified atom stereocenters. The fourth-order valence-electron chi connectivity index (χ4n) is 5.25. The molecule has 2 aromatic carbocycles. The van der Waals surface area contributed by atoms with Crippen LogP contribution in [-0.2, 0) is 9.53 Å². The van der Waals surface area contributed by atoms with Crippen molar-refractivity contribution in [1.29, 1.82) is 0 Å². The molecule has 0 bridgehead atoms. The number of ether oxygens (including phenoxy) is 1. The van der Waals surface area contributed by atoms with E-state index in [1.165, 1.54) is 11.3 Å². The average molecular weight is 514 g/mol. The van der Waals surface area contributed by atoms with Crippen LogP contribution in [0.4, 0.5) is 0 Å². The Morgan fingerprint density at radius 3 is 2.49 bits per heavy atom. The third kappa shape index (κ3) is 4.17. The highest BCUT2D eigenvalue weighted by molar-refractivity contribution is 7.07. The maximum atomic E-state index is 14.0. The zero-order valence-corrected chi connectivity index (χ0v) is 22.8. The van der Waals surface area contributed by atoms with Gasteiger partial charge in [-0.1, -0.05) is 59.4 Å². The van der Waals surface area contributed by atoms with Gasteiger partial charge in [-0.15, -0.1) is 0 Å². The number of carbonyl (C=O) groups is 1. The summed E-state index contributed by atoms with van der Waals surface area (Å²) in [5.41, 5.74) is 6.05. The summed E-state index contributed by atoms with van der Waals surface area (Å²) < 4.78 is 9.93. The Bertz CT molecular complexity index is 1730. The van der Waals surface area contributed by atoms with Crippen molar-refractivity contribution < 1.29 is 9.53 Å². The molecule has 0 amide bonds. The van der Waals surface area contributed by atoms with Crippen molar-refractivity contribution in [1.82, 2.24) is 9.13 Å². The lowest BCUT2D eigenvalue weighted by Gasteiger charge is -2.24. The number of fused-ring (bicyclic) bond motifs is 2. The Hall–Kier alpha value is -3.71. The number of nitrogens with zero attached hydrogens (tertiary/aromatic N) is 3. The minimum absolute atomic E-state index is 0.163. The first-order valence-corrected chi connectivity index (χ1v) is 13.4. The van der Waals surface area contributed by atoms with Gasteiger partial charge >= 0.3 is 5.97 Å². The summed E-state index contributed by atoms with van der Waals surface area (Å²) in [6.45, 7) is 12.3. The molecule has 190 valence electrons. The zero-order chi connectivity index (χ0) is 26.4. The number of allylic oxidation sites excluding steroid dienone is 1. The third-order valence-corrected chi connectivity index (χ3v) is 7.89. The van der Waals surface area contributed by atoms with Crippen LogP contribution < -0.4 is 14.9 Å². The molecule has 37 heavy (non-hydrogen) atoms. The molecule has 1 atom stereocenters. The molecule has 4 aromatic rings. The number of para-hydroxylation sites is 1. The van der Waals surface area contributed by atoms with Crippen molar-refractivity contribution in [3.05, 3.63) is 102 Å². The second-order valence-electron chi connectivity index (χ2n) is 9.69. The second-order valence-corrected chi connectivity index (χ2v) is 10.7. The van der Waals surface area contributed by atoms with E-state index in [1.54, 1.807) is 11.5 Å². The van der Waals surface area contributed by atoms with E-state index in [0.29, 0.717) is 20.6 Å². The number of rotatable bonds is 5. The minimum Gasteiger partial charge on any atom is -0.463 e. The molecule has 3 heterocycles. The molecule has 0 fully saturated rings. The van der Waals surface area contributed by atoms with Gasteiger partial charge in [0, 0.05) is 28.2 Å². The number of aromatic nitrogens is 2. The van der Waals surface area contributed by atoms with Gasteiger partial charge in [0.2, 0.25) is 0 Å². The predicted octanol–water partition coefficient (Wildman–Crippen LogP) is 4.95. The maximum Gasteiger partial charge on any atom is 0.338 e. The SMILES string of the molecule is CCOC(=O)C1=C(C)N=c2s/c(=C\c3c(C)n(C(C)C)c4ccccc34)c(=O)n2[C@@H]1c1ccc(C)cc1. The fourth-order valence-corrected chi connectivity index (χ4v) is 6.28. The number of aryl methyl sites for hydroxylation is 1. The van der Waals surface area contributed by atoms with Gasteiger partial charge in [0.15, 0.2) is 4.80 Å². The van der Waals surface area contributed by atoms with Crippen LogP contribution in [0.25, 0.3) is 17.0 Å². The standard InChI is InChI=1S/C30H31N3O3S/c1-7-36-29(35)26-19(5)31-30-33(27(26)21-14-12-18(4)13-15-21)28(34)25(37-30)16-23-20(6)32(17(2)3)24-11-9-8-10-22(23)24/h8-17,27H,7H2,1-6H3/b25-16-/t27-/m1/s1. The van der Waals surface area contributed by atoms with Crippen molar-refractivity contribution in [3.8, 4) is 0 Å². The van der Waals surface area contributed by atoms with Gasteiger partial charge in [-0.25, -0.2) is 9.79 Å². The number of hydrogen-bond acceptors (Lipinski definition) is 5. The average Bonchev–Trinajstić information content (AvgIpc) is 3.32. The van der Waals surface area contributed by atoms with Gasteiger partial charge in [0.1, 0.15) is 0 Å². The summed E-state index contributed by atoms with van der Waals surface area (Å²) in [5, 5.41) is 1.11. The Balaban J connectivity index is 1.78. The molecule has 0 saturated heterocycles. The number of benzene rings is 2. The van der Waals surface area contributed by atoms with Crippen LogP contribution in [0, 0.1) is 13.8 Å². The fraction of sp³-hybridized carbons (Fsp3) is 0.300. The van der Waals surface area contributed by atoms with E-state index in [1.807, 2.05) is 56.3 Å². The van der Waals surface area contributed by atoms with E-state index < -0.39 is 12.0 Å². The number of hydrogen-bond donors (Lipinski definition) is 0. The number of carbonyl (C=O) groups excluding carboxylic acids is 1. The molecule has 0 radical (unpaired) electrons. The van der Waals surface area contributed by atoms with E-state index in [-0.39, 0.29) is 18.2 Å². The predicted molar refractivity (Wildman–Crippen MR) is 149 cm³/mol. The number of esters is 1. The summed E-state index contributed by atoms with van der Waals surface area (Å²) in [4.78, 5) is 32.3. The second kappa shape index (κ2) is 9.63. The molecule has 5 rings (SSSR count). The topological polar surface area (TPSA) is 65.6 Å². The Morgan fingerprint density at radius 2 is 1.81 bits per heavy atom. The lowest BCUT2D eigenvalue weighted by molar-refractivity contribution is -0.139. The van der Waals surface area contributed by atoms with Gasteiger partial charge in [-0.3, -0.25) is 9.36 Å². The smallest absolute Gasteiger partial charge is 0.338 e. The van der Waals surface area contributed by atoms with Crippen LogP contribution in [0.3, 0.4) is 0 Å². The van der Waals surface area contributed by atoms with Gasteiger partial charge in [0.05, 0.1) is 28.5 Å². The van der Waals surface area contributed by atoms with Crippen LogP contribution >= 0.6 is 11.3 Å². The summed E-state index contributed by atoms with van der Waals surface area (Å²) in [7, 11) is 0. The molecule has 0 N–H and O–H groups in total. The summed E-state index contributed by atoms with van der Waals surface area (Å²) in [6.07, 6.45) is 1.98. The first-order chi connectivity index (χ1) is 17.7. The highest BCUT2D eigenvalue weighted by Gasteiger charge is 2.33. The van der Waals surface area contributed by atoms with Crippen LogP contribution in [0.2, 0.25) is 0 Å². The van der Waals surface area contributed by atoms with Crippen LogP contribution in [0.1, 0.15) is 62.2 Å². The quantitative estimate of drug-likeness (QED) is 0.355. The molecular formula is C30H31N3O3S. The monoisotopic (exact) mass is 513 g/mol. The van der Waals surface area contributed by atoms with Gasteiger partial charge < -0.3 is 9.30 Å². The molecule has 7 heteroatoms. The highest BCUT2D eigenvalue weighted by Crippen LogP contribution is 2.32. The summed E-state index contributed by atoms with van der Waals surface area (Å²) >= 11 is 1.36. The van der Waals surface area contributed by atoms with Crippen molar-refractivity contribution >= 4 is 34.3 Å². The molecule has 0 aliphatic carbocycles. The van der Waals surface area contributed by atoms with E-state index in [4.69, 9.17) is 9.73 Å². The van der Waals surface area contributed by atoms with Crippen molar-refractivity contribution in [2.45, 2.75) is 53.6 Å². The van der Waals surface area contributed by atoms with Crippen LogP contribution in [0.5, 0.6) is 0 Å². The zero-order valence-electron chi connectivity index (χ0n) is 22.0. The number of thiazole rings is 1. The van der Waals surface area contributed by atoms with Gasteiger partial charge in [-0.2, -0.15) is 0 Å². The lowest BCUT2D eigenvalue weighted by Crippen LogP contribution is -2.39. The maximum absolute atomic E-state index is 14.0. The summed E-state index contributed by atoms with van der Waals surface area (Å²) in [5.74, 6) is -0.445. The van der Waals surface area contributed by atoms with Crippen molar-refractivity contribution in [3.63, 3.8) is 0 Å². The van der Waals surface area contributed by atoms with E-state index >= 15 is 0 Å². The lowest BCUT2D eigenvalue weighted by atomic mass is 9.95. The van der Waals surface area contributed by atoms with E-state index in [9.17, 15) is 9.59 Å². The first-order valence-electron chi connectivity index (χ1n) is 12.6. The summed E-state index contributed by atoms with van der Waals surface area (Å²) in [6, 6.07) is 15.9. The minimum atomic E-state index is -0.601. The molecule has 1 aliphatic heterocycles. The molecule has 1 aliphatic rings. The highest BCUT2D eigenvalue weighted by atomic mass is 32.1. The Morgan fingerprint density at radius 1 is 1.11 bits per heavy atom. The molecule has 0 spiro atoms. The molecule has 2 aromatic heterocycles. The van der Waals surface area contributed by atoms with Crippen molar-refractivity contribution in [2.75, 3.05) is 6.61 Å². The van der Waals surface area contributed by atoms with Crippen LogP contribution in [-0.4, -0.2) is 21.7 Å². The Kier molecular flexibility index (Phi) is 6.50. The first kappa shape index (κ1) is 25.0. The largest absolute Gasteiger partial charge is 0.463 e. The third-order valence-electron chi connectivity index (χ3n) is 6.91. The molecule has 0 saturated carbocycles. The van der Waals surface area contributed by atoms with E-state index in [2.05, 4.69) is 37.5 Å². The normalized spacial score (nSPS) is 15.9. The molecular weight excluding hydrogens is 482 g/mol.